The van der Waals surface area contributed by atoms with Crippen LogP contribution in [0.2, 0.25) is 0 Å². The zero-order valence-corrected chi connectivity index (χ0v) is 28.3. The van der Waals surface area contributed by atoms with Crippen molar-refractivity contribution in [1.82, 2.24) is 0 Å². The van der Waals surface area contributed by atoms with E-state index in [0.29, 0.717) is 0 Å². The molecule has 0 N–H and O–H groups in total. The number of hydrogen-bond donors (Lipinski definition) is 0. The first-order chi connectivity index (χ1) is 23.4. The first-order valence-electron chi connectivity index (χ1n) is 16.5. The lowest BCUT2D eigenvalue weighted by molar-refractivity contribution is 1.23. The normalized spacial score (nSPS) is 11.2. The van der Waals surface area contributed by atoms with Crippen LogP contribution in [-0.4, -0.2) is 0 Å². The molecule has 0 amide bonds. The smallest absolute Gasteiger partial charge is 0.0485 e. The van der Waals surface area contributed by atoms with E-state index in [-0.39, 0.29) is 0 Å². The number of allylic oxidation sites excluding steroid dienone is 5. The topological polar surface area (TPSA) is 6.48 Å². The highest BCUT2D eigenvalue weighted by molar-refractivity contribution is 5.85. The minimum absolute atomic E-state index is 0.978. The predicted octanol–water partition coefficient (Wildman–Crippen LogP) is 13.4. The summed E-state index contributed by atoms with van der Waals surface area (Å²) in [5.41, 5.74) is 14.7. The van der Waals surface area contributed by atoms with Crippen molar-refractivity contribution in [3.63, 3.8) is 0 Å². The van der Waals surface area contributed by atoms with Crippen LogP contribution in [-0.2, 0) is 0 Å². The molecule has 48 heavy (non-hydrogen) atoms. The van der Waals surface area contributed by atoms with Crippen molar-refractivity contribution in [3.05, 3.63) is 199 Å². The molecule has 0 saturated heterocycles. The molecule has 6 aromatic rings. The Balaban J connectivity index is 1.45. The Kier molecular flexibility index (Phi) is 9.83. The number of anilines is 6. The van der Waals surface area contributed by atoms with Crippen molar-refractivity contribution in [1.29, 1.82) is 0 Å². The third kappa shape index (κ3) is 7.40. The first kappa shape index (κ1) is 32.1. The van der Waals surface area contributed by atoms with Crippen molar-refractivity contribution in [2.24, 2.45) is 0 Å². The highest BCUT2D eigenvalue weighted by atomic mass is 15.2. The second-order valence-corrected chi connectivity index (χ2v) is 12.2. The summed E-state index contributed by atoms with van der Waals surface area (Å²) in [5, 5.41) is 0. The molecule has 0 spiro atoms. The molecule has 0 aliphatic heterocycles. The largest absolute Gasteiger partial charge is 0.310 e. The van der Waals surface area contributed by atoms with E-state index in [1.54, 1.807) is 0 Å². The fourth-order valence-corrected chi connectivity index (χ4v) is 5.92. The number of rotatable bonds is 10. The summed E-state index contributed by atoms with van der Waals surface area (Å²) in [6, 6.07) is 52.4. The molecule has 0 saturated carbocycles. The maximum atomic E-state index is 4.29. The van der Waals surface area contributed by atoms with Crippen molar-refractivity contribution in [3.8, 4) is 11.1 Å². The van der Waals surface area contributed by atoms with Gasteiger partial charge in [0.2, 0.25) is 0 Å². The summed E-state index contributed by atoms with van der Waals surface area (Å²) >= 11 is 0. The Morgan fingerprint density at radius 1 is 0.458 bits per heavy atom. The van der Waals surface area contributed by atoms with Gasteiger partial charge in [0.15, 0.2) is 0 Å². The first-order valence-corrected chi connectivity index (χ1v) is 16.5. The SMILES string of the molecule is C=C(/C=C\C=C/C)c1ccc(N(c2ccc(C)cc2)c2cc(C)cc(N(c3ccc(C)cc3)c3ccc(-c4ccccc4)cc3)c2)cc1. The average Bonchev–Trinajstić information content (AvgIpc) is 3.11. The Morgan fingerprint density at radius 2 is 0.896 bits per heavy atom. The molecule has 0 unspecified atom stereocenters. The van der Waals surface area contributed by atoms with Crippen LogP contribution in [0.25, 0.3) is 16.7 Å². The molecule has 6 aromatic carbocycles. The van der Waals surface area contributed by atoms with Gasteiger partial charge in [0.05, 0.1) is 0 Å². The summed E-state index contributed by atoms with van der Waals surface area (Å²) in [5.74, 6) is 0. The standard InChI is InChI=1S/C46H42N2/c1-6-7-9-12-37(5)38-19-27-43(28-20-38)47(41-23-15-34(2)16-24-41)45-31-36(4)32-46(33-45)48(42-25-17-35(3)18-26-42)44-29-21-40(22-30-44)39-13-10-8-11-14-39/h6-33H,5H2,1-4H3/b7-6-,12-9-. The van der Waals surface area contributed by atoms with Crippen LogP contribution in [0.5, 0.6) is 0 Å². The molecule has 0 aliphatic carbocycles. The van der Waals surface area contributed by atoms with Gasteiger partial charge in [0.1, 0.15) is 0 Å². The summed E-state index contributed by atoms with van der Waals surface area (Å²) in [6.45, 7) is 12.7. The van der Waals surface area contributed by atoms with Crippen LogP contribution in [0, 0.1) is 20.8 Å². The minimum Gasteiger partial charge on any atom is -0.310 e. The quantitative estimate of drug-likeness (QED) is 0.140. The van der Waals surface area contributed by atoms with E-state index in [1.807, 2.05) is 31.2 Å². The van der Waals surface area contributed by atoms with E-state index in [4.69, 9.17) is 0 Å². The van der Waals surface area contributed by atoms with Crippen molar-refractivity contribution in [2.75, 3.05) is 9.80 Å². The van der Waals surface area contributed by atoms with Gasteiger partial charge in [-0.05, 0) is 122 Å². The molecule has 0 aromatic heterocycles. The summed E-state index contributed by atoms with van der Waals surface area (Å²) in [6.07, 6.45) is 8.11. The number of hydrogen-bond acceptors (Lipinski definition) is 2. The Bertz CT molecular complexity index is 2030. The average molecular weight is 623 g/mol. The lowest BCUT2D eigenvalue weighted by atomic mass is 10.0. The van der Waals surface area contributed by atoms with Gasteiger partial charge in [-0.25, -0.2) is 0 Å². The zero-order valence-electron chi connectivity index (χ0n) is 28.3. The van der Waals surface area contributed by atoms with Crippen LogP contribution in [0.1, 0.15) is 29.2 Å². The number of aryl methyl sites for hydroxylation is 3. The van der Waals surface area contributed by atoms with Gasteiger partial charge in [0.25, 0.3) is 0 Å². The summed E-state index contributed by atoms with van der Waals surface area (Å²) in [7, 11) is 0. The van der Waals surface area contributed by atoms with Crippen molar-refractivity contribution >= 4 is 39.7 Å². The van der Waals surface area contributed by atoms with E-state index in [0.717, 1.165) is 45.3 Å². The molecule has 236 valence electrons. The van der Waals surface area contributed by atoms with E-state index in [9.17, 15) is 0 Å². The summed E-state index contributed by atoms with van der Waals surface area (Å²) < 4.78 is 0. The van der Waals surface area contributed by atoms with Gasteiger partial charge in [-0.3, -0.25) is 0 Å². The van der Waals surface area contributed by atoms with E-state index >= 15 is 0 Å². The van der Waals surface area contributed by atoms with Gasteiger partial charge in [-0.2, -0.15) is 0 Å². The molecule has 6 rings (SSSR count). The number of benzene rings is 6. The molecule has 0 atom stereocenters. The predicted molar refractivity (Wildman–Crippen MR) is 208 cm³/mol. The molecule has 0 aliphatic rings. The van der Waals surface area contributed by atoms with Crippen molar-refractivity contribution < 1.29 is 0 Å². The molecule has 2 heteroatoms. The van der Waals surface area contributed by atoms with Gasteiger partial charge in [-0.15, -0.1) is 0 Å². The molecular formula is C46H42N2. The molecular weight excluding hydrogens is 581 g/mol. The summed E-state index contributed by atoms with van der Waals surface area (Å²) in [4.78, 5) is 4.69. The fraction of sp³-hybridized carbons (Fsp3) is 0.0870. The Hall–Kier alpha value is -5.86. The number of nitrogens with zero attached hydrogens (tertiary/aromatic N) is 2. The fourth-order valence-electron chi connectivity index (χ4n) is 5.92. The lowest BCUT2D eigenvalue weighted by Gasteiger charge is -2.30. The van der Waals surface area contributed by atoms with Gasteiger partial charge in [-0.1, -0.05) is 121 Å². The van der Waals surface area contributed by atoms with E-state index in [1.165, 1.54) is 27.8 Å². The van der Waals surface area contributed by atoms with E-state index in [2.05, 4.69) is 183 Å². The van der Waals surface area contributed by atoms with Gasteiger partial charge >= 0.3 is 0 Å². The molecule has 0 bridgehead atoms. The third-order valence-corrected chi connectivity index (χ3v) is 8.48. The van der Waals surface area contributed by atoms with Crippen LogP contribution in [0.3, 0.4) is 0 Å². The monoisotopic (exact) mass is 622 g/mol. The highest BCUT2D eigenvalue weighted by Crippen LogP contribution is 2.42. The second kappa shape index (κ2) is 14.7. The van der Waals surface area contributed by atoms with Crippen molar-refractivity contribution in [2.45, 2.75) is 27.7 Å². The minimum atomic E-state index is 0.978. The van der Waals surface area contributed by atoms with Crippen LogP contribution < -0.4 is 9.80 Å². The molecule has 0 heterocycles. The Morgan fingerprint density at radius 3 is 1.38 bits per heavy atom. The maximum Gasteiger partial charge on any atom is 0.0485 e. The zero-order chi connectivity index (χ0) is 33.5. The molecule has 0 fully saturated rings. The van der Waals surface area contributed by atoms with Crippen LogP contribution >= 0.6 is 0 Å². The second-order valence-electron chi connectivity index (χ2n) is 12.2. The van der Waals surface area contributed by atoms with Crippen LogP contribution in [0.15, 0.2) is 176 Å². The molecule has 0 radical (unpaired) electrons. The maximum absolute atomic E-state index is 4.29. The van der Waals surface area contributed by atoms with E-state index < -0.39 is 0 Å². The van der Waals surface area contributed by atoms with Gasteiger partial charge in [0, 0.05) is 34.1 Å². The van der Waals surface area contributed by atoms with Crippen LogP contribution in [0.4, 0.5) is 34.1 Å². The lowest BCUT2D eigenvalue weighted by Crippen LogP contribution is -2.14. The van der Waals surface area contributed by atoms with Gasteiger partial charge < -0.3 is 9.80 Å². The highest BCUT2D eigenvalue weighted by Gasteiger charge is 2.18. The Labute approximate surface area is 286 Å². The third-order valence-electron chi connectivity index (χ3n) is 8.48. The molecule has 2 nitrogen and oxygen atoms in total.